The first-order chi connectivity index (χ1) is 13.1. The minimum Gasteiger partial charge on any atom is -0.389 e. The van der Waals surface area contributed by atoms with E-state index in [4.69, 9.17) is 0 Å². The number of likely N-dealkylation sites (tertiary alicyclic amines) is 1. The molecule has 3 rings (SSSR count). The SMILES string of the molecule is CC(C)(C)C(=O)N1C[C@H](NC(=O)c2ccc(-c3cccc(F)c3)nc2)[C@@H](O)C1. The largest absolute Gasteiger partial charge is 0.389 e. The summed E-state index contributed by atoms with van der Waals surface area (Å²) < 4.78 is 13.3. The number of nitrogens with one attached hydrogen (secondary N) is 1. The van der Waals surface area contributed by atoms with Crippen molar-refractivity contribution < 1.29 is 19.1 Å². The number of pyridine rings is 1. The van der Waals surface area contributed by atoms with E-state index in [9.17, 15) is 19.1 Å². The van der Waals surface area contributed by atoms with Gasteiger partial charge in [0.25, 0.3) is 5.91 Å². The number of hydrogen-bond donors (Lipinski definition) is 2. The van der Waals surface area contributed by atoms with Crippen molar-refractivity contribution in [2.45, 2.75) is 32.9 Å². The number of aliphatic hydroxyl groups excluding tert-OH is 1. The quantitative estimate of drug-likeness (QED) is 0.849. The molecule has 0 radical (unpaired) electrons. The number of hydrogen-bond acceptors (Lipinski definition) is 4. The molecule has 148 valence electrons. The lowest BCUT2D eigenvalue weighted by Gasteiger charge is -2.25. The topological polar surface area (TPSA) is 82.5 Å². The van der Waals surface area contributed by atoms with Gasteiger partial charge in [0.05, 0.1) is 23.4 Å². The number of amides is 2. The highest BCUT2D eigenvalue weighted by Crippen LogP contribution is 2.22. The van der Waals surface area contributed by atoms with Gasteiger partial charge in [0.1, 0.15) is 5.82 Å². The van der Waals surface area contributed by atoms with Gasteiger partial charge in [0.15, 0.2) is 0 Å². The molecule has 7 heteroatoms. The Morgan fingerprint density at radius 2 is 1.96 bits per heavy atom. The smallest absolute Gasteiger partial charge is 0.253 e. The van der Waals surface area contributed by atoms with Gasteiger partial charge in [-0.25, -0.2) is 4.39 Å². The molecule has 1 aliphatic rings. The van der Waals surface area contributed by atoms with Crippen LogP contribution in [-0.2, 0) is 4.79 Å². The third-order valence-corrected chi connectivity index (χ3v) is 4.68. The molecule has 28 heavy (non-hydrogen) atoms. The normalized spacial score (nSPS) is 19.5. The Morgan fingerprint density at radius 1 is 1.21 bits per heavy atom. The molecule has 1 fully saturated rings. The molecule has 0 spiro atoms. The molecule has 0 saturated carbocycles. The highest BCUT2D eigenvalue weighted by Gasteiger charge is 2.38. The van der Waals surface area contributed by atoms with Gasteiger partial charge in [-0.2, -0.15) is 0 Å². The van der Waals surface area contributed by atoms with E-state index in [0.29, 0.717) is 16.8 Å². The number of carbonyl (C=O) groups excluding carboxylic acids is 2. The molecule has 1 aromatic carbocycles. The fraction of sp³-hybridized carbons (Fsp3) is 0.381. The Bertz CT molecular complexity index is 877. The lowest BCUT2D eigenvalue weighted by Crippen LogP contribution is -2.43. The molecule has 2 aromatic rings. The monoisotopic (exact) mass is 385 g/mol. The van der Waals surface area contributed by atoms with Gasteiger partial charge in [-0.1, -0.05) is 32.9 Å². The average Bonchev–Trinajstić information content (AvgIpc) is 3.00. The molecule has 1 saturated heterocycles. The zero-order valence-electron chi connectivity index (χ0n) is 16.1. The number of rotatable bonds is 3. The van der Waals surface area contributed by atoms with Crippen LogP contribution in [0.3, 0.4) is 0 Å². The minimum absolute atomic E-state index is 0.0654. The van der Waals surface area contributed by atoms with E-state index in [2.05, 4.69) is 10.3 Å². The van der Waals surface area contributed by atoms with Crippen molar-refractivity contribution in [3.05, 3.63) is 54.0 Å². The summed E-state index contributed by atoms with van der Waals surface area (Å²) in [5.74, 6) is -0.803. The van der Waals surface area contributed by atoms with Crippen LogP contribution in [0.2, 0.25) is 0 Å². The van der Waals surface area contributed by atoms with Gasteiger partial charge in [-0.05, 0) is 24.3 Å². The van der Waals surface area contributed by atoms with Crippen LogP contribution in [0.4, 0.5) is 4.39 Å². The highest BCUT2D eigenvalue weighted by molar-refractivity contribution is 5.94. The summed E-state index contributed by atoms with van der Waals surface area (Å²) in [4.78, 5) is 30.7. The summed E-state index contributed by atoms with van der Waals surface area (Å²) >= 11 is 0. The summed E-state index contributed by atoms with van der Waals surface area (Å²) in [6.45, 7) is 5.91. The van der Waals surface area contributed by atoms with Crippen molar-refractivity contribution in [3.8, 4) is 11.3 Å². The molecule has 2 heterocycles. The fourth-order valence-electron chi connectivity index (χ4n) is 3.17. The molecule has 2 atom stereocenters. The van der Waals surface area contributed by atoms with Crippen LogP contribution in [0.15, 0.2) is 42.6 Å². The highest BCUT2D eigenvalue weighted by atomic mass is 19.1. The van der Waals surface area contributed by atoms with Crippen LogP contribution >= 0.6 is 0 Å². The first kappa shape index (κ1) is 19.9. The Kier molecular flexibility index (Phi) is 5.47. The maximum Gasteiger partial charge on any atom is 0.253 e. The summed E-state index contributed by atoms with van der Waals surface area (Å²) in [5.41, 5.74) is 0.955. The van der Waals surface area contributed by atoms with E-state index in [-0.39, 0.29) is 30.7 Å². The maximum atomic E-state index is 13.3. The van der Waals surface area contributed by atoms with E-state index in [0.717, 1.165) is 0 Å². The second kappa shape index (κ2) is 7.67. The first-order valence-corrected chi connectivity index (χ1v) is 9.15. The second-order valence-electron chi connectivity index (χ2n) is 8.05. The summed E-state index contributed by atoms with van der Waals surface area (Å²) in [6, 6.07) is 8.76. The van der Waals surface area contributed by atoms with Crippen molar-refractivity contribution in [1.29, 1.82) is 0 Å². The number of nitrogens with zero attached hydrogens (tertiary/aromatic N) is 2. The molecule has 2 N–H and O–H groups in total. The van der Waals surface area contributed by atoms with Crippen LogP contribution in [0.5, 0.6) is 0 Å². The molecule has 0 aliphatic carbocycles. The summed E-state index contributed by atoms with van der Waals surface area (Å²) in [6.07, 6.45) is 0.587. The minimum atomic E-state index is -0.824. The van der Waals surface area contributed by atoms with Crippen LogP contribution in [0, 0.1) is 11.2 Å². The van der Waals surface area contributed by atoms with Crippen molar-refractivity contribution in [2.75, 3.05) is 13.1 Å². The Labute approximate surface area is 163 Å². The third kappa shape index (κ3) is 4.36. The predicted octanol–water partition coefficient (Wildman–Crippen LogP) is 2.24. The van der Waals surface area contributed by atoms with Gasteiger partial charge < -0.3 is 15.3 Å². The van der Waals surface area contributed by atoms with Crippen LogP contribution < -0.4 is 5.32 Å². The van der Waals surface area contributed by atoms with E-state index in [1.54, 1.807) is 29.2 Å². The van der Waals surface area contributed by atoms with Gasteiger partial charge in [-0.15, -0.1) is 0 Å². The van der Waals surface area contributed by atoms with Gasteiger partial charge >= 0.3 is 0 Å². The fourth-order valence-corrected chi connectivity index (χ4v) is 3.17. The maximum absolute atomic E-state index is 13.3. The number of benzene rings is 1. The average molecular weight is 385 g/mol. The lowest BCUT2D eigenvalue weighted by molar-refractivity contribution is -0.138. The molecular formula is C21H24FN3O3. The van der Waals surface area contributed by atoms with Crippen LogP contribution in [0.25, 0.3) is 11.3 Å². The molecule has 6 nitrogen and oxygen atoms in total. The zero-order chi connectivity index (χ0) is 20.5. The molecule has 0 unspecified atom stereocenters. The second-order valence-corrected chi connectivity index (χ2v) is 8.05. The Balaban J connectivity index is 1.66. The van der Waals surface area contributed by atoms with Crippen molar-refractivity contribution in [3.63, 3.8) is 0 Å². The molecule has 2 amide bonds. The molecule has 0 bridgehead atoms. The van der Waals surface area contributed by atoms with E-state index < -0.39 is 17.6 Å². The lowest BCUT2D eigenvalue weighted by atomic mass is 9.95. The Hall–Kier alpha value is -2.80. The van der Waals surface area contributed by atoms with Crippen molar-refractivity contribution >= 4 is 11.8 Å². The number of β-amino-alcohol motifs (C(OH)–C–C–N with tert-alkyl or cyclic N) is 1. The van der Waals surface area contributed by atoms with Gasteiger partial charge in [0, 0.05) is 30.3 Å². The standard InChI is InChI=1S/C21H24FN3O3/c1-21(2,3)20(28)25-11-17(18(26)12-25)24-19(27)14-7-8-16(23-10-14)13-5-4-6-15(22)9-13/h4-10,17-18,26H,11-12H2,1-3H3,(H,24,27)/t17-,18-/m0/s1. The van der Waals surface area contributed by atoms with Gasteiger partial charge in [-0.3, -0.25) is 14.6 Å². The zero-order valence-corrected chi connectivity index (χ0v) is 16.1. The number of carbonyl (C=O) groups is 2. The number of aliphatic hydroxyl groups is 1. The van der Waals surface area contributed by atoms with E-state index in [1.807, 2.05) is 20.8 Å². The first-order valence-electron chi connectivity index (χ1n) is 9.15. The van der Waals surface area contributed by atoms with E-state index >= 15 is 0 Å². The summed E-state index contributed by atoms with van der Waals surface area (Å²) in [7, 11) is 0. The van der Waals surface area contributed by atoms with E-state index in [1.165, 1.54) is 18.3 Å². The number of aromatic nitrogens is 1. The molecule has 1 aliphatic heterocycles. The summed E-state index contributed by atoms with van der Waals surface area (Å²) in [5, 5.41) is 13.0. The number of halogens is 1. The van der Waals surface area contributed by atoms with Crippen molar-refractivity contribution in [1.82, 2.24) is 15.2 Å². The third-order valence-electron chi connectivity index (χ3n) is 4.68. The Morgan fingerprint density at radius 3 is 2.57 bits per heavy atom. The molecular weight excluding hydrogens is 361 g/mol. The predicted molar refractivity (Wildman–Crippen MR) is 103 cm³/mol. The van der Waals surface area contributed by atoms with Crippen LogP contribution in [0.1, 0.15) is 31.1 Å². The van der Waals surface area contributed by atoms with Crippen LogP contribution in [-0.4, -0.2) is 52.0 Å². The van der Waals surface area contributed by atoms with Crippen molar-refractivity contribution in [2.24, 2.45) is 5.41 Å². The molecule has 1 aromatic heterocycles. The van der Waals surface area contributed by atoms with Gasteiger partial charge in [0.2, 0.25) is 5.91 Å².